The van der Waals surface area contributed by atoms with Gasteiger partial charge in [0.05, 0.1) is 11.3 Å². The lowest BCUT2D eigenvalue weighted by atomic mass is 9.57. The van der Waals surface area contributed by atoms with Crippen molar-refractivity contribution in [1.29, 1.82) is 0 Å². The van der Waals surface area contributed by atoms with Crippen molar-refractivity contribution >= 4 is 5.91 Å². The van der Waals surface area contributed by atoms with Gasteiger partial charge >= 0.3 is 0 Å². The Bertz CT molecular complexity index is 717. The van der Waals surface area contributed by atoms with Gasteiger partial charge in [-0.25, -0.2) is 5.48 Å². The van der Waals surface area contributed by atoms with Crippen molar-refractivity contribution in [3.8, 4) is 0 Å². The first kappa shape index (κ1) is 17.6. The normalized spacial score (nSPS) is 25.8. The van der Waals surface area contributed by atoms with Crippen LogP contribution in [0.15, 0.2) is 12.3 Å². The molecule has 1 spiro atoms. The molecule has 1 aromatic rings. The highest BCUT2D eigenvalue weighted by Gasteiger charge is 2.47. The minimum atomic E-state index is -0.486. The van der Waals surface area contributed by atoms with Crippen LogP contribution < -0.4 is 5.48 Å². The number of hydrogen-bond donors (Lipinski definition) is 2. The molecule has 1 amide bonds. The smallest absolute Gasteiger partial charge is 0.276 e. The molecule has 146 valence electrons. The molecule has 0 aromatic carbocycles. The first-order chi connectivity index (χ1) is 13.1. The summed E-state index contributed by atoms with van der Waals surface area (Å²) in [5.41, 5.74) is 5.01. The van der Waals surface area contributed by atoms with Crippen molar-refractivity contribution in [2.45, 2.75) is 57.5 Å². The third-order valence-electron chi connectivity index (χ3n) is 7.38. The second-order valence-electron chi connectivity index (χ2n) is 9.30. The minimum absolute atomic E-state index is 0.433. The van der Waals surface area contributed by atoms with Gasteiger partial charge in [-0.15, -0.1) is 0 Å². The van der Waals surface area contributed by atoms with Crippen molar-refractivity contribution in [2.24, 2.45) is 11.3 Å². The summed E-state index contributed by atoms with van der Waals surface area (Å²) < 4.78 is 0. The second kappa shape index (κ2) is 6.83. The molecule has 0 atom stereocenters. The molecule has 6 heteroatoms. The molecule has 2 N–H and O–H groups in total. The number of hydroxylamine groups is 1. The van der Waals surface area contributed by atoms with Gasteiger partial charge in [0.2, 0.25) is 0 Å². The van der Waals surface area contributed by atoms with E-state index in [1.165, 1.54) is 58.2 Å². The van der Waals surface area contributed by atoms with E-state index in [1.807, 2.05) is 6.07 Å². The van der Waals surface area contributed by atoms with Crippen LogP contribution in [0.25, 0.3) is 0 Å². The molecular weight excluding hydrogens is 340 g/mol. The van der Waals surface area contributed by atoms with E-state index < -0.39 is 5.91 Å². The van der Waals surface area contributed by atoms with Crippen molar-refractivity contribution in [2.75, 3.05) is 26.2 Å². The summed E-state index contributed by atoms with van der Waals surface area (Å²) >= 11 is 0. The molecule has 1 aromatic heterocycles. The monoisotopic (exact) mass is 370 g/mol. The summed E-state index contributed by atoms with van der Waals surface area (Å²) in [5.74, 6) is 0.360. The van der Waals surface area contributed by atoms with E-state index in [4.69, 9.17) is 5.21 Å². The molecular formula is C21H30N4O2. The van der Waals surface area contributed by atoms with Gasteiger partial charge in [0.1, 0.15) is 0 Å². The second-order valence-corrected chi connectivity index (χ2v) is 9.30. The number of nitrogens with zero attached hydrogens (tertiary/aromatic N) is 3. The predicted molar refractivity (Wildman–Crippen MR) is 101 cm³/mol. The zero-order valence-electron chi connectivity index (χ0n) is 16.0. The highest BCUT2D eigenvalue weighted by Crippen LogP contribution is 2.53. The van der Waals surface area contributed by atoms with Crippen LogP contribution in [0.2, 0.25) is 0 Å². The zero-order valence-corrected chi connectivity index (χ0v) is 16.0. The molecule has 1 saturated heterocycles. The van der Waals surface area contributed by atoms with Crippen LogP contribution >= 0.6 is 0 Å². The van der Waals surface area contributed by atoms with E-state index in [9.17, 15) is 4.79 Å². The highest BCUT2D eigenvalue weighted by molar-refractivity contribution is 5.93. The molecule has 27 heavy (non-hydrogen) atoms. The number of amides is 1. The van der Waals surface area contributed by atoms with Gasteiger partial charge in [0.25, 0.3) is 5.91 Å². The van der Waals surface area contributed by atoms with Gasteiger partial charge in [0, 0.05) is 31.9 Å². The molecule has 3 heterocycles. The Morgan fingerprint density at radius 3 is 2.74 bits per heavy atom. The average molecular weight is 370 g/mol. The van der Waals surface area contributed by atoms with Crippen LogP contribution in [0.4, 0.5) is 0 Å². The number of carbonyl (C=O) groups excluding carboxylic acids is 1. The molecule has 2 aliphatic heterocycles. The van der Waals surface area contributed by atoms with Crippen LogP contribution in [0, 0.1) is 11.3 Å². The number of nitrogens with one attached hydrogen (secondary N) is 1. The maximum Gasteiger partial charge on any atom is 0.276 e. The van der Waals surface area contributed by atoms with E-state index >= 15 is 0 Å². The quantitative estimate of drug-likeness (QED) is 0.628. The molecule has 0 unspecified atom stereocenters. The number of hydrogen-bond acceptors (Lipinski definition) is 5. The van der Waals surface area contributed by atoms with Crippen LogP contribution in [0.3, 0.4) is 0 Å². The van der Waals surface area contributed by atoms with E-state index in [1.54, 1.807) is 11.7 Å². The van der Waals surface area contributed by atoms with Crippen molar-refractivity contribution in [3.05, 3.63) is 29.1 Å². The fourth-order valence-corrected chi connectivity index (χ4v) is 5.68. The van der Waals surface area contributed by atoms with Crippen molar-refractivity contribution < 1.29 is 10.0 Å². The fourth-order valence-electron chi connectivity index (χ4n) is 5.68. The Balaban J connectivity index is 1.12. The number of likely N-dealkylation sites (tertiary alicyclic amines) is 1. The Morgan fingerprint density at radius 1 is 1.26 bits per heavy atom. The highest BCUT2D eigenvalue weighted by atomic mass is 16.5. The van der Waals surface area contributed by atoms with Gasteiger partial charge in [-0.2, -0.15) is 0 Å². The number of rotatable bonds is 4. The topological polar surface area (TPSA) is 68.7 Å². The van der Waals surface area contributed by atoms with Crippen LogP contribution in [-0.4, -0.2) is 58.1 Å². The molecule has 0 bridgehead atoms. The zero-order chi connectivity index (χ0) is 18.4. The molecule has 6 nitrogen and oxygen atoms in total. The number of fused-ring (bicyclic) bond motifs is 1. The Morgan fingerprint density at radius 2 is 2.04 bits per heavy atom. The Hall–Kier alpha value is -1.50. The Kier molecular flexibility index (Phi) is 4.45. The van der Waals surface area contributed by atoms with Gasteiger partial charge in [-0.3, -0.25) is 19.9 Å². The van der Waals surface area contributed by atoms with E-state index in [0.29, 0.717) is 11.0 Å². The van der Waals surface area contributed by atoms with Gasteiger partial charge in [-0.1, -0.05) is 0 Å². The van der Waals surface area contributed by atoms with Gasteiger partial charge < -0.3 is 4.90 Å². The van der Waals surface area contributed by atoms with Crippen LogP contribution in [0.1, 0.15) is 60.1 Å². The number of piperidine rings is 1. The molecule has 4 aliphatic rings. The number of carbonyl (C=O) groups is 1. The maximum atomic E-state index is 11.5. The summed E-state index contributed by atoms with van der Waals surface area (Å²) in [5, 5.41) is 8.78. The molecule has 2 aliphatic carbocycles. The standard InChI is InChI=1S/C21H30N4O2/c26-20(23-27)17-9-16-3-6-24(14-19(16)22-12-17)13-15-10-21(11-15)4-7-25(8-5-21)18-1-2-18/h9,12,15,18,27H,1-8,10-11,13-14H2,(H,23,26). The molecule has 5 rings (SSSR count). The fraction of sp³-hybridized carbons (Fsp3) is 0.714. The Labute approximate surface area is 160 Å². The lowest BCUT2D eigenvalue weighted by molar-refractivity contribution is -0.0290. The van der Waals surface area contributed by atoms with Crippen molar-refractivity contribution in [3.63, 3.8) is 0 Å². The third kappa shape index (κ3) is 3.50. The molecule has 3 fully saturated rings. The number of pyridine rings is 1. The molecule has 0 radical (unpaired) electrons. The van der Waals surface area contributed by atoms with Crippen LogP contribution in [-0.2, 0) is 13.0 Å². The predicted octanol–water partition coefficient (Wildman–Crippen LogP) is 2.21. The first-order valence-electron chi connectivity index (χ1n) is 10.5. The number of aromatic nitrogens is 1. The van der Waals surface area contributed by atoms with E-state index in [-0.39, 0.29) is 0 Å². The minimum Gasteiger partial charge on any atom is -0.300 e. The van der Waals surface area contributed by atoms with E-state index in [0.717, 1.165) is 42.7 Å². The summed E-state index contributed by atoms with van der Waals surface area (Å²) in [6.45, 7) is 5.78. The summed E-state index contributed by atoms with van der Waals surface area (Å²) in [6, 6.07) is 2.81. The van der Waals surface area contributed by atoms with Crippen LogP contribution in [0.5, 0.6) is 0 Å². The van der Waals surface area contributed by atoms with Crippen molar-refractivity contribution in [1.82, 2.24) is 20.3 Å². The summed E-state index contributed by atoms with van der Waals surface area (Å²) in [6.07, 6.45) is 11.0. The van der Waals surface area contributed by atoms with Gasteiger partial charge in [-0.05, 0) is 81.0 Å². The maximum absolute atomic E-state index is 11.5. The van der Waals surface area contributed by atoms with E-state index in [2.05, 4.69) is 14.8 Å². The summed E-state index contributed by atoms with van der Waals surface area (Å²) in [7, 11) is 0. The molecule has 2 saturated carbocycles. The van der Waals surface area contributed by atoms with Gasteiger partial charge in [0.15, 0.2) is 0 Å². The summed E-state index contributed by atoms with van der Waals surface area (Å²) in [4.78, 5) is 21.3. The third-order valence-corrected chi connectivity index (χ3v) is 7.38. The lowest BCUT2D eigenvalue weighted by Crippen LogP contribution is -2.50. The first-order valence-corrected chi connectivity index (χ1v) is 10.5. The lowest BCUT2D eigenvalue weighted by Gasteiger charge is -2.53. The average Bonchev–Trinajstić information content (AvgIpc) is 3.51. The largest absolute Gasteiger partial charge is 0.300 e. The SMILES string of the molecule is O=C(NO)c1cnc2c(c1)CCN(CC1CC3(CCN(C4CC4)CC3)C1)C2.